The van der Waals surface area contributed by atoms with Gasteiger partial charge in [0, 0.05) is 26.1 Å². The molecule has 0 spiro atoms. The van der Waals surface area contributed by atoms with E-state index in [2.05, 4.69) is 0 Å². The largest absolute Gasteiger partial charge is 0.361 e. The lowest BCUT2D eigenvalue weighted by atomic mass is 9.92. The number of piperidine rings is 2. The molecule has 0 aliphatic carbocycles. The lowest BCUT2D eigenvalue weighted by molar-refractivity contribution is -0.319. The van der Waals surface area contributed by atoms with E-state index in [1.165, 1.54) is 4.90 Å². The second kappa shape index (κ2) is 5.69. The Labute approximate surface area is 129 Å². The van der Waals surface area contributed by atoms with E-state index in [4.69, 9.17) is 0 Å². The number of carbonyl (C=O) groups is 1. The van der Waals surface area contributed by atoms with Gasteiger partial charge in [-0.3, -0.25) is 9.69 Å². The standard InChI is InChI=1S/C15H26F2N2O3/c1-13(2,3)9-19-7-4-5-11(12(19)20)18-8-6-15(21,22)14(16,17)10-18/h11,21-22H,4-10H2,1-3H3/t11-/m0/s1. The molecule has 2 saturated heterocycles. The Morgan fingerprint density at radius 2 is 1.91 bits per heavy atom. The van der Waals surface area contributed by atoms with E-state index in [0.717, 1.165) is 6.42 Å². The monoisotopic (exact) mass is 320 g/mol. The second-order valence-corrected chi connectivity index (χ2v) is 7.72. The first-order chi connectivity index (χ1) is 9.93. The normalized spacial score (nSPS) is 29.7. The van der Waals surface area contributed by atoms with Gasteiger partial charge in [0.05, 0.1) is 12.6 Å². The third-order valence-electron chi connectivity index (χ3n) is 4.34. The van der Waals surface area contributed by atoms with Crippen molar-refractivity contribution in [3.8, 4) is 0 Å². The minimum Gasteiger partial charge on any atom is -0.361 e. The first kappa shape index (κ1) is 17.6. The molecule has 0 unspecified atom stereocenters. The molecule has 2 rings (SSSR count). The lowest BCUT2D eigenvalue weighted by Crippen LogP contribution is -2.64. The summed E-state index contributed by atoms with van der Waals surface area (Å²) >= 11 is 0. The van der Waals surface area contributed by atoms with Crippen molar-refractivity contribution in [3.05, 3.63) is 0 Å². The van der Waals surface area contributed by atoms with E-state index >= 15 is 0 Å². The molecule has 2 fully saturated rings. The third-order valence-corrected chi connectivity index (χ3v) is 4.34. The SMILES string of the molecule is CC(C)(C)CN1CCC[C@H](N2CCC(O)(O)C(F)(F)C2)C1=O. The summed E-state index contributed by atoms with van der Waals surface area (Å²) in [4.78, 5) is 15.7. The summed E-state index contributed by atoms with van der Waals surface area (Å²) in [5, 5.41) is 18.7. The van der Waals surface area contributed by atoms with Gasteiger partial charge < -0.3 is 15.1 Å². The van der Waals surface area contributed by atoms with Crippen molar-refractivity contribution >= 4 is 5.91 Å². The minimum atomic E-state index is -3.63. The number of hydrogen-bond acceptors (Lipinski definition) is 4. The van der Waals surface area contributed by atoms with Gasteiger partial charge in [0.15, 0.2) is 0 Å². The zero-order valence-corrected chi connectivity index (χ0v) is 13.5. The van der Waals surface area contributed by atoms with E-state index in [1.807, 2.05) is 20.8 Å². The summed E-state index contributed by atoms with van der Waals surface area (Å²) in [6, 6.07) is -0.585. The highest BCUT2D eigenvalue weighted by Gasteiger charge is 2.56. The number of hydrogen-bond donors (Lipinski definition) is 2. The van der Waals surface area contributed by atoms with Crippen LogP contribution < -0.4 is 0 Å². The van der Waals surface area contributed by atoms with Crippen LogP contribution in [-0.2, 0) is 4.79 Å². The van der Waals surface area contributed by atoms with E-state index in [-0.39, 0.29) is 17.9 Å². The fraction of sp³-hybridized carbons (Fsp3) is 0.933. The maximum absolute atomic E-state index is 13.8. The fourth-order valence-corrected chi connectivity index (χ4v) is 3.20. The predicted molar refractivity (Wildman–Crippen MR) is 77.4 cm³/mol. The number of amides is 1. The molecule has 2 aliphatic rings. The van der Waals surface area contributed by atoms with Crippen LogP contribution in [0.15, 0.2) is 0 Å². The van der Waals surface area contributed by atoms with E-state index in [0.29, 0.717) is 19.5 Å². The first-order valence-corrected chi connectivity index (χ1v) is 7.78. The summed E-state index contributed by atoms with van der Waals surface area (Å²) in [7, 11) is 0. The Bertz CT molecular complexity index is 435. The Kier molecular flexibility index (Phi) is 4.54. The number of alkyl halides is 2. The molecule has 128 valence electrons. The maximum atomic E-state index is 13.8. The second-order valence-electron chi connectivity index (χ2n) is 7.72. The van der Waals surface area contributed by atoms with Crippen molar-refractivity contribution in [1.82, 2.24) is 9.80 Å². The molecular weight excluding hydrogens is 294 g/mol. The summed E-state index contributed by atoms with van der Waals surface area (Å²) in [6.07, 6.45) is 0.862. The highest BCUT2D eigenvalue weighted by atomic mass is 19.3. The van der Waals surface area contributed by atoms with Crippen molar-refractivity contribution in [2.24, 2.45) is 5.41 Å². The molecule has 5 nitrogen and oxygen atoms in total. The van der Waals surface area contributed by atoms with Gasteiger partial charge in [0.25, 0.3) is 0 Å². The molecular formula is C15H26F2N2O3. The number of rotatable bonds is 2. The predicted octanol–water partition coefficient (Wildman–Crippen LogP) is 1.05. The average Bonchev–Trinajstić information content (AvgIpc) is 2.34. The minimum absolute atomic E-state index is 0.0469. The van der Waals surface area contributed by atoms with Crippen LogP contribution in [0, 0.1) is 5.41 Å². The summed E-state index contributed by atoms with van der Waals surface area (Å²) in [5.74, 6) is -6.73. The van der Waals surface area contributed by atoms with Crippen LogP contribution in [0.3, 0.4) is 0 Å². The molecule has 0 radical (unpaired) electrons. The van der Waals surface area contributed by atoms with Crippen LogP contribution in [0.25, 0.3) is 0 Å². The van der Waals surface area contributed by atoms with Gasteiger partial charge in [-0.15, -0.1) is 0 Å². The van der Waals surface area contributed by atoms with E-state index < -0.39 is 30.7 Å². The van der Waals surface area contributed by atoms with Gasteiger partial charge in [-0.25, -0.2) is 0 Å². The van der Waals surface area contributed by atoms with Crippen LogP contribution in [0.1, 0.15) is 40.0 Å². The molecule has 1 atom stereocenters. The van der Waals surface area contributed by atoms with Gasteiger partial charge in [0.2, 0.25) is 11.7 Å². The molecule has 0 aromatic heterocycles. The maximum Gasteiger partial charge on any atom is 0.312 e. The Morgan fingerprint density at radius 3 is 2.45 bits per heavy atom. The quantitative estimate of drug-likeness (QED) is 0.747. The fourth-order valence-electron chi connectivity index (χ4n) is 3.20. The van der Waals surface area contributed by atoms with Crippen molar-refractivity contribution in [2.75, 3.05) is 26.2 Å². The van der Waals surface area contributed by atoms with Gasteiger partial charge in [-0.1, -0.05) is 20.8 Å². The molecule has 1 amide bonds. The Morgan fingerprint density at radius 1 is 1.27 bits per heavy atom. The number of carbonyl (C=O) groups excluding carboxylic acids is 1. The molecule has 22 heavy (non-hydrogen) atoms. The third kappa shape index (κ3) is 3.58. The first-order valence-electron chi connectivity index (χ1n) is 7.78. The van der Waals surface area contributed by atoms with E-state index in [9.17, 15) is 23.8 Å². The summed E-state index contributed by atoms with van der Waals surface area (Å²) in [6.45, 7) is 6.64. The van der Waals surface area contributed by atoms with Crippen molar-refractivity contribution in [2.45, 2.75) is 57.8 Å². The van der Waals surface area contributed by atoms with Crippen LogP contribution in [-0.4, -0.2) is 69.9 Å². The molecule has 0 aromatic carbocycles. The Hall–Kier alpha value is -0.790. The summed E-state index contributed by atoms with van der Waals surface area (Å²) in [5.41, 5.74) is -0.0469. The highest BCUT2D eigenvalue weighted by Crippen LogP contribution is 2.36. The van der Waals surface area contributed by atoms with Crippen LogP contribution >= 0.6 is 0 Å². The van der Waals surface area contributed by atoms with E-state index in [1.54, 1.807) is 4.90 Å². The molecule has 0 aromatic rings. The van der Waals surface area contributed by atoms with Gasteiger partial charge >= 0.3 is 5.92 Å². The van der Waals surface area contributed by atoms with Gasteiger partial charge in [0.1, 0.15) is 0 Å². The van der Waals surface area contributed by atoms with Gasteiger partial charge in [-0.05, 0) is 18.3 Å². The molecule has 7 heteroatoms. The molecule has 0 bridgehead atoms. The lowest BCUT2D eigenvalue weighted by Gasteiger charge is -2.46. The number of likely N-dealkylation sites (tertiary alicyclic amines) is 2. The average molecular weight is 320 g/mol. The zero-order valence-electron chi connectivity index (χ0n) is 13.5. The molecule has 2 heterocycles. The number of nitrogens with zero attached hydrogens (tertiary/aromatic N) is 2. The summed E-state index contributed by atoms with van der Waals surface area (Å²) < 4.78 is 27.6. The topological polar surface area (TPSA) is 64.0 Å². The van der Waals surface area contributed by atoms with Crippen LogP contribution in [0.4, 0.5) is 8.78 Å². The number of halogens is 2. The van der Waals surface area contributed by atoms with Crippen molar-refractivity contribution < 1.29 is 23.8 Å². The molecule has 0 saturated carbocycles. The Balaban J connectivity index is 2.08. The van der Waals surface area contributed by atoms with Gasteiger partial charge in [-0.2, -0.15) is 8.78 Å². The smallest absolute Gasteiger partial charge is 0.312 e. The number of aliphatic hydroxyl groups is 2. The highest BCUT2D eigenvalue weighted by molar-refractivity contribution is 5.82. The zero-order chi connectivity index (χ0) is 16.8. The van der Waals surface area contributed by atoms with Crippen LogP contribution in [0.2, 0.25) is 0 Å². The molecule has 2 aliphatic heterocycles. The van der Waals surface area contributed by atoms with Crippen molar-refractivity contribution in [1.29, 1.82) is 0 Å². The molecule has 2 N–H and O–H groups in total. The van der Waals surface area contributed by atoms with Crippen molar-refractivity contribution in [3.63, 3.8) is 0 Å². The van der Waals surface area contributed by atoms with Crippen LogP contribution in [0.5, 0.6) is 0 Å².